The summed E-state index contributed by atoms with van der Waals surface area (Å²) in [5, 5.41) is 15.3. The van der Waals surface area contributed by atoms with Crippen molar-refractivity contribution < 1.29 is 19.4 Å². The maximum atomic E-state index is 12.5. The molecule has 0 aliphatic rings. The van der Waals surface area contributed by atoms with Crippen molar-refractivity contribution in [3.8, 4) is 0 Å². The number of hydrogen-bond acceptors (Lipinski definition) is 5. The van der Waals surface area contributed by atoms with Crippen LogP contribution in [0.15, 0.2) is 65.8 Å². The Kier molecular flexibility index (Phi) is 7.84. The fourth-order valence-electron chi connectivity index (χ4n) is 2.34. The van der Waals surface area contributed by atoms with Gasteiger partial charge < -0.3 is 15.2 Å². The van der Waals surface area contributed by atoms with Crippen LogP contribution in [0.5, 0.6) is 0 Å². The maximum Gasteiger partial charge on any atom is 0.329 e. The molecule has 2 aromatic carbocycles. The molecule has 0 radical (unpaired) electrons. The molecule has 0 aliphatic carbocycles. The molecule has 0 fully saturated rings. The summed E-state index contributed by atoms with van der Waals surface area (Å²) >= 11 is 0. The second-order valence-electron chi connectivity index (χ2n) is 5.77. The van der Waals surface area contributed by atoms with Crippen LogP contribution in [0, 0.1) is 0 Å². The van der Waals surface area contributed by atoms with Gasteiger partial charge in [0.1, 0.15) is 18.8 Å². The number of benzene rings is 2. The first-order valence-electron chi connectivity index (χ1n) is 8.34. The van der Waals surface area contributed by atoms with Crippen LogP contribution in [0.25, 0.3) is 10.4 Å². The molecule has 0 spiro atoms. The fourth-order valence-corrected chi connectivity index (χ4v) is 2.34. The minimum absolute atomic E-state index is 0.0715. The Hall–Kier alpha value is -3.35. The van der Waals surface area contributed by atoms with E-state index in [0.29, 0.717) is 0 Å². The molecule has 0 saturated carbocycles. The third-order valence-corrected chi connectivity index (χ3v) is 3.73. The van der Waals surface area contributed by atoms with E-state index < -0.39 is 30.6 Å². The van der Waals surface area contributed by atoms with Crippen LogP contribution < -0.4 is 5.32 Å². The summed E-state index contributed by atoms with van der Waals surface area (Å²) in [5.41, 5.74) is 9.92. The highest BCUT2D eigenvalue weighted by atomic mass is 16.5. The number of ether oxygens (including phenoxy) is 1. The second-order valence-corrected chi connectivity index (χ2v) is 5.77. The number of carbonyl (C=O) groups is 2. The average Bonchev–Trinajstić information content (AvgIpc) is 2.71. The van der Waals surface area contributed by atoms with Gasteiger partial charge in [0.2, 0.25) is 5.91 Å². The van der Waals surface area contributed by atoms with Crippen molar-refractivity contribution in [2.45, 2.75) is 25.2 Å². The Morgan fingerprint density at radius 2 is 1.67 bits per heavy atom. The van der Waals surface area contributed by atoms with E-state index in [1.807, 2.05) is 60.7 Å². The molecular weight excluding hydrogens is 348 g/mol. The van der Waals surface area contributed by atoms with Gasteiger partial charge in [-0.25, -0.2) is 4.79 Å². The van der Waals surface area contributed by atoms with Gasteiger partial charge >= 0.3 is 5.97 Å². The zero-order chi connectivity index (χ0) is 19.5. The smallest absolute Gasteiger partial charge is 0.329 e. The number of azide groups is 1. The molecule has 8 nitrogen and oxygen atoms in total. The molecule has 140 valence electrons. The number of esters is 1. The van der Waals surface area contributed by atoms with Crippen molar-refractivity contribution in [1.29, 1.82) is 0 Å². The first-order chi connectivity index (χ1) is 13.1. The van der Waals surface area contributed by atoms with E-state index in [-0.39, 0.29) is 13.0 Å². The molecule has 0 aromatic heterocycles. The summed E-state index contributed by atoms with van der Waals surface area (Å²) in [6.07, 6.45) is -1.34. The fraction of sp³-hybridized carbons (Fsp3) is 0.263. The third-order valence-electron chi connectivity index (χ3n) is 3.73. The quantitative estimate of drug-likeness (QED) is 0.304. The summed E-state index contributed by atoms with van der Waals surface area (Å²) < 4.78 is 5.31. The van der Waals surface area contributed by atoms with E-state index in [4.69, 9.17) is 10.3 Å². The summed E-state index contributed by atoms with van der Waals surface area (Å²) in [6.45, 7) is -0.346. The third kappa shape index (κ3) is 6.81. The first kappa shape index (κ1) is 20.0. The molecule has 27 heavy (non-hydrogen) atoms. The molecule has 2 rings (SSSR count). The molecular formula is C19H20N4O4. The molecule has 2 atom stereocenters. The van der Waals surface area contributed by atoms with Crippen LogP contribution in [0.4, 0.5) is 0 Å². The Labute approximate surface area is 156 Å². The lowest BCUT2D eigenvalue weighted by Gasteiger charge is -2.19. The molecule has 1 amide bonds. The van der Waals surface area contributed by atoms with Crippen LogP contribution in [-0.2, 0) is 27.4 Å². The zero-order valence-corrected chi connectivity index (χ0v) is 14.6. The summed E-state index contributed by atoms with van der Waals surface area (Å²) in [4.78, 5) is 27.1. The lowest BCUT2D eigenvalue weighted by molar-refractivity contribution is -0.150. The number of carbonyl (C=O) groups excluding carboxylic acids is 2. The van der Waals surface area contributed by atoms with Gasteiger partial charge in [0.05, 0.1) is 6.54 Å². The van der Waals surface area contributed by atoms with Crippen molar-refractivity contribution >= 4 is 11.9 Å². The van der Waals surface area contributed by atoms with Crippen LogP contribution in [-0.4, -0.2) is 35.7 Å². The van der Waals surface area contributed by atoms with Gasteiger partial charge in [0, 0.05) is 11.3 Å². The van der Waals surface area contributed by atoms with Crippen molar-refractivity contribution in [3.63, 3.8) is 0 Å². The summed E-state index contributed by atoms with van der Waals surface area (Å²) in [7, 11) is 0. The van der Waals surface area contributed by atoms with E-state index in [1.54, 1.807) is 0 Å². The zero-order valence-electron chi connectivity index (χ0n) is 14.6. The Balaban J connectivity index is 2.04. The van der Waals surface area contributed by atoms with Gasteiger partial charge in [-0.1, -0.05) is 65.8 Å². The monoisotopic (exact) mass is 368 g/mol. The standard InChI is InChI=1S/C19H20N4O4/c20-23-21-12-17(24)18(25)22-16(11-14-7-3-1-4-8-14)19(26)27-13-15-9-5-2-6-10-15/h1-10,16-17,24H,11-13H2,(H,22,25)/t16-,17-/m0/s1. The van der Waals surface area contributed by atoms with Gasteiger partial charge in [-0.3, -0.25) is 4.79 Å². The molecule has 8 heteroatoms. The highest BCUT2D eigenvalue weighted by Gasteiger charge is 2.25. The van der Waals surface area contributed by atoms with Crippen LogP contribution in [0.1, 0.15) is 11.1 Å². The van der Waals surface area contributed by atoms with Crippen molar-refractivity contribution in [2.24, 2.45) is 5.11 Å². The first-order valence-corrected chi connectivity index (χ1v) is 8.34. The highest BCUT2D eigenvalue weighted by molar-refractivity contribution is 5.87. The van der Waals surface area contributed by atoms with Crippen molar-refractivity contribution in [2.75, 3.05) is 6.54 Å². The molecule has 0 aliphatic heterocycles. The summed E-state index contributed by atoms with van der Waals surface area (Å²) in [5.74, 6) is -1.42. The van der Waals surface area contributed by atoms with Crippen LogP contribution in [0.2, 0.25) is 0 Å². The van der Waals surface area contributed by atoms with E-state index in [0.717, 1.165) is 11.1 Å². The molecule has 0 unspecified atom stereocenters. The Morgan fingerprint density at radius 3 is 2.26 bits per heavy atom. The number of aliphatic hydroxyl groups is 1. The minimum Gasteiger partial charge on any atom is -0.459 e. The predicted molar refractivity (Wildman–Crippen MR) is 98.3 cm³/mol. The van der Waals surface area contributed by atoms with Gasteiger partial charge in [-0.15, -0.1) is 0 Å². The predicted octanol–water partition coefficient (Wildman–Crippen LogP) is 2.13. The molecule has 2 aromatic rings. The lowest BCUT2D eigenvalue weighted by Crippen LogP contribution is -2.48. The van der Waals surface area contributed by atoms with Gasteiger partial charge in [-0.2, -0.15) is 0 Å². The molecule has 0 saturated heterocycles. The number of hydrogen-bond donors (Lipinski definition) is 2. The second kappa shape index (κ2) is 10.6. The highest BCUT2D eigenvalue weighted by Crippen LogP contribution is 2.08. The lowest BCUT2D eigenvalue weighted by atomic mass is 10.1. The number of nitrogens with one attached hydrogen (secondary N) is 1. The topological polar surface area (TPSA) is 124 Å². The summed E-state index contributed by atoms with van der Waals surface area (Å²) in [6, 6.07) is 17.3. The minimum atomic E-state index is -1.54. The van der Waals surface area contributed by atoms with Crippen LogP contribution >= 0.6 is 0 Å². The largest absolute Gasteiger partial charge is 0.459 e. The SMILES string of the molecule is [N-]=[N+]=NC[C@H](O)C(=O)N[C@@H](Cc1ccccc1)C(=O)OCc1ccccc1. The van der Waals surface area contributed by atoms with E-state index in [2.05, 4.69) is 15.3 Å². The number of amides is 1. The van der Waals surface area contributed by atoms with Gasteiger partial charge in [-0.05, 0) is 16.7 Å². The number of nitrogens with zero attached hydrogens (tertiary/aromatic N) is 3. The van der Waals surface area contributed by atoms with E-state index in [9.17, 15) is 14.7 Å². The molecule has 0 heterocycles. The van der Waals surface area contributed by atoms with Crippen molar-refractivity contribution in [3.05, 3.63) is 82.2 Å². The van der Waals surface area contributed by atoms with E-state index >= 15 is 0 Å². The normalized spacial score (nSPS) is 12.3. The Bertz CT molecular complexity index is 792. The average molecular weight is 368 g/mol. The van der Waals surface area contributed by atoms with E-state index in [1.165, 1.54) is 0 Å². The Morgan fingerprint density at radius 1 is 1.07 bits per heavy atom. The molecule has 2 N–H and O–H groups in total. The van der Waals surface area contributed by atoms with Crippen LogP contribution in [0.3, 0.4) is 0 Å². The van der Waals surface area contributed by atoms with Gasteiger partial charge in [0.15, 0.2) is 0 Å². The van der Waals surface area contributed by atoms with Crippen molar-refractivity contribution in [1.82, 2.24) is 5.32 Å². The van der Waals surface area contributed by atoms with Gasteiger partial charge in [0.25, 0.3) is 0 Å². The molecule has 0 bridgehead atoms. The number of aliphatic hydroxyl groups excluding tert-OH is 1. The maximum absolute atomic E-state index is 12.5. The number of rotatable bonds is 9.